The molecular weight excluding hydrogens is 384 g/mol. The van der Waals surface area contributed by atoms with Crippen molar-refractivity contribution >= 4 is 34.0 Å². The van der Waals surface area contributed by atoms with E-state index in [0.717, 1.165) is 36.6 Å². The van der Waals surface area contributed by atoms with E-state index in [2.05, 4.69) is 42.0 Å². The summed E-state index contributed by atoms with van der Waals surface area (Å²) in [5.74, 6) is 0.388. The second-order valence-corrected chi connectivity index (χ2v) is 9.88. The predicted octanol–water partition coefficient (Wildman–Crippen LogP) is 2.61. The van der Waals surface area contributed by atoms with E-state index >= 15 is 0 Å². The Labute approximate surface area is 165 Å². The number of anilines is 1. The molecule has 0 radical (unpaired) electrons. The molecule has 0 saturated heterocycles. The lowest BCUT2D eigenvalue weighted by Gasteiger charge is -2.33. The second kappa shape index (κ2) is 7.52. The first-order chi connectivity index (χ1) is 12.7. The summed E-state index contributed by atoms with van der Waals surface area (Å²) in [5.41, 5.74) is 1.39. The second-order valence-electron chi connectivity index (χ2n) is 7.81. The van der Waals surface area contributed by atoms with E-state index in [1.807, 2.05) is 0 Å². The molecule has 27 heavy (non-hydrogen) atoms. The minimum Gasteiger partial charge on any atom is -0.316 e. The summed E-state index contributed by atoms with van der Waals surface area (Å²) in [7, 11) is 1.64. The van der Waals surface area contributed by atoms with Gasteiger partial charge in [0.2, 0.25) is 5.91 Å². The predicted molar refractivity (Wildman–Crippen MR) is 104 cm³/mol. The van der Waals surface area contributed by atoms with Crippen LogP contribution < -0.4 is 15.6 Å². The van der Waals surface area contributed by atoms with Crippen LogP contribution in [0.15, 0.2) is 14.3 Å². The summed E-state index contributed by atoms with van der Waals surface area (Å²) >= 11 is 2.60. The number of nitrogens with one attached hydrogen (secondary N) is 2. The van der Waals surface area contributed by atoms with Crippen molar-refractivity contribution < 1.29 is 14.0 Å². The molecule has 3 rings (SSSR count). The van der Waals surface area contributed by atoms with Gasteiger partial charge in [-0.1, -0.05) is 25.5 Å². The SMILES string of the molecule is C[n+]1[nH]oc(=O)c1SCC(=O)Nc1sc2c(c1C#N)CCC(C(C)(C)C)C2. The van der Waals surface area contributed by atoms with Crippen molar-refractivity contribution in [3.8, 4) is 6.07 Å². The van der Waals surface area contributed by atoms with Crippen LogP contribution in [0.2, 0.25) is 0 Å². The van der Waals surface area contributed by atoms with Crippen molar-refractivity contribution in [3.05, 3.63) is 26.4 Å². The minimum absolute atomic E-state index is 0.0640. The highest BCUT2D eigenvalue weighted by atomic mass is 32.2. The number of hydrogen-bond donors (Lipinski definition) is 2. The number of H-pyrrole nitrogens is 1. The van der Waals surface area contributed by atoms with Crippen LogP contribution in [0.25, 0.3) is 0 Å². The molecule has 0 bridgehead atoms. The number of carbonyl (C=O) groups is 1. The number of amides is 1. The number of aromatic nitrogens is 2. The number of rotatable bonds is 4. The summed E-state index contributed by atoms with van der Waals surface area (Å²) in [6.07, 6.45) is 2.88. The third-order valence-electron chi connectivity index (χ3n) is 4.95. The summed E-state index contributed by atoms with van der Waals surface area (Å²) in [6.45, 7) is 6.75. The zero-order valence-corrected chi connectivity index (χ0v) is 17.5. The molecule has 1 atom stereocenters. The van der Waals surface area contributed by atoms with E-state index in [-0.39, 0.29) is 17.1 Å². The molecule has 2 aromatic heterocycles. The number of nitrogens with zero attached hydrogens (tertiary/aromatic N) is 2. The minimum atomic E-state index is -0.507. The van der Waals surface area contributed by atoms with E-state index in [1.165, 1.54) is 20.9 Å². The zero-order valence-electron chi connectivity index (χ0n) is 15.8. The Morgan fingerprint density at radius 1 is 1.52 bits per heavy atom. The summed E-state index contributed by atoms with van der Waals surface area (Å²) in [6, 6.07) is 2.27. The molecule has 1 unspecified atom stereocenters. The van der Waals surface area contributed by atoms with Gasteiger partial charge in [0.1, 0.15) is 11.1 Å². The van der Waals surface area contributed by atoms with Crippen molar-refractivity contribution in [2.45, 2.75) is 45.1 Å². The van der Waals surface area contributed by atoms with E-state index in [4.69, 9.17) is 0 Å². The van der Waals surface area contributed by atoms with Gasteiger partial charge in [0, 0.05) is 4.88 Å². The summed E-state index contributed by atoms with van der Waals surface area (Å²) < 4.78 is 6.09. The van der Waals surface area contributed by atoms with Crippen LogP contribution >= 0.6 is 23.1 Å². The Balaban J connectivity index is 1.72. The molecule has 0 aliphatic heterocycles. The van der Waals surface area contributed by atoms with Crippen molar-refractivity contribution in [3.63, 3.8) is 0 Å². The monoisotopic (exact) mass is 407 g/mol. The van der Waals surface area contributed by atoms with Crippen LogP contribution in [0.4, 0.5) is 5.00 Å². The largest absolute Gasteiger partial charge is 0.441 e. The third kappa shape index (κ3) is 4.12. The third-order valence-corrected chi connectivity index (χ3v) is 7.24. The number of aryl methyl sites for hydroxylation is 1. The number of hydrogen-bond acceptors (Lipinski definition) is 6. The van der Waals surface area contributed by atoms with Gasteiger partial charge in [0.05, 0.1) is 11.3 Å². The van der Waals surface area contributed by atoms with Crippen molar-refractivity contribution in [2.75, 3.05) is 11.1 Å². The maximum Gasteiger partial charge on any atom is 0.441 e. The van der Waals surface area contributed by atoms with Gasteiger partial charge >= 0.3 is 10.7 Å². The fraction of sp³-hybridized carbons (Fsp3) is 0.556. The Morgan fingerprint density at radius 3 is 2.85 bits per heavy atom. The topological polar surface area (TPSA) is 103 Å². The fourth-order valence-electron chi connectivity index (χ4n) is 3.32. The molecule has 2 aromatic rings. The first-order valence-corrected chi connectivity index (χ1v) is 10.6. The first kappa shape index (κ1) is 19.7. The lowest BCUT2D eigenvalue weighted by molar-refractivity contribution is -0.772. The molecule has 7 nitrogen and oxygen atoms in total. The molecule has 0 aromatic carbocycles. The number of carbonyl (C=O) groups excluding carboxylic acids is 1. The Hall–Kier alpha value is -2.05. The highest BCUT2D eigenvalue weighted by Crippen LogP contribution is 2.43. The molecule has 2 N–H and O–H groups in total. The van der Waals surface area contributed by atoms with Gasteiger partial charge < -0.3 is 5.32 Å². The summed E-state index contributed by atoms with van der Waals surface area (Å²) in [5, 5.41) is 15.8. The van der Waals surface area contributed by atoms with Crippen LogP contribution in [0.5, 0.6) is 0 Å². The van der Waals surface area contributed by atoms with Crippen LogP contribution in [-0.2, 0) is 24.7 Å². The van der Waals surface area contributed by atoms with Gasteiger partial charge in [-0.2, -0.15) is 5.26 Å². The molecular formula is C18H23N4O3S2+. The van der Waals surface area contributed by atoms with E-state index in [1.54, 1.807) is 7.05 Å². The van der Waals surface area contributed by atoms with E-state index in [9.17, 15) is 14.9 Å². The van der Waals surface area contributed by atoms with Crippen LogP contribution in [0.3, 0.4) is 0 Å². The number of nitriles is 1. The average molecular weight is 408 g/mol. The highest BCUT2D eigenvalue weighted by molar-refractivity contribution is 7.99. The highest BCUT2D eigenvalue weighted by Gasteiger charge is 2.32. The molecule has 144 valence electrons. The first-order valence-electron chi connectivity index (χ1n) is 8.75. The fourth-order valence-corrected chi connectivity index (χ4v) is 5.34. The molecule has 1 amide bonds. The maximum absolute atomic E-state index is 12.3. The number of fused-ring (bicyclic) bond motifs is 1. The Morgan fingerprint density at radius 2 is 2.26 bits per heavy atom. The van der Waals surface area contributed by atoms with Crippen LogP contribution in [0, 0.1) is 22.7 Å². The van der Waals surface area contributed by atoms with Crippen molar-refractivity contribution in [1.29, 1.82) is 5.26 Å². The molecule has 0 fully saturated rings. The molecule has 1 aliphatic carbocycles. The number of aromatic amines is 1. The molecule has 2 heterocycles. The maximum atomic E-state index is 12.3. The van der Waals surface area contributed by atoms with Gasteiger partial charge in [-0.05, 0) is 53.2 Å². The smallest absolute Gasteiger partial charge is 0.316 e. The lowest BCUT2D eigenvalue weighted by atomic mass is 9.72. The van der Waals surface area contributed by atoms with E-state index < -0.39 is 5.63 Å². The van der Waals surface area contributed by atoms with Gasteiger partial charge in [-0.25, -0.2) is 4.79 Å². The lowest BCUT2D eigenvalue weighted by Crippen LogP contribution is -2.34. The van der Waals surface area contributed by atoms with Gasteiger partial charge in [-0.15, -0.1) is 11.3 Å². The van der Waals surface area contributed by atoms with Gasteiger partial charge in [0.15, 0.2) is 7.05 Å². The normalized spacial score (nSPS) is 16.6. The summed E-state index contributed by atoms with van der Waals surface area (Å²) in [4.78, 5) is 25.1. The van der Waals surface area contributed by atoms with Gasteiger partial charge in [0.25, 0.3) is 0 Å². The number of thiophene rings is 1. The average Bonchev–Trinajstić information content (AvgIpc) is 3.10. The molecule has 0 spiro atoms. The molecule has 9 heteroatoms. The molecule has 1 aliphatic rings. The van der Waals surface area contributed by atoms with Crippen LogP contribution in [-0.4, -0.2) is 16.9 Å². The van der Waals surface area contributed by atoms with Crippen LogP contribution in [0.1, 0.15) is 43.2 Å². The van der Waals surface area contributed by atoms with Crippen molar-refractivity contribution in [2.24, 2.45) is 18.4 Å². The number of thioether (sulfide) groups is 1. The Kier molecular flexibility index (Phi) is 5.49. The van der Waals surface area contributed by atoms with Gasteiger partial charge in [-0.3, -0.25) is 9.32 Å². The standard InChI is InChI=1S/C18H22N4O3S2/c1-18(2,3)10-5-6-11-12(8-19)15(27-13(11)7-10)20-14(23)9-26-16-17(24)25-21-22(16)4/h10H,5-7,9H2,1-4H3,(H-,20,21,23,24)/p+1. The molecule has 0 saturated carbocycles. The van der Waals surface area contributed by atoms with Crippen molar-refractivity contribution in [1.82, 2.24) is 5.27 Å². The Bertz CT molecular complexity index is 959. The zero-order chi connectivity index (χ0) is 19.8. The van der Waals surface area contributed by atoms with E-state index in [0.29, 0.717) is 21.5 Å². The quantitative estimate of drug-likeness (QED) is 0.599.